The second kappa shape index (κ2) is 7.78. The largest absolute Gasteiger partial charge is 0.493 e. The van der Waals surface area contributed by atoms with E-state index in [1.807, 2.05) is 12.1 Å². The van der Waals surface area contributed by atoms with E-state index in [-0.39, 0.29) is 11.8 Å². The van der Waals surface area contributed by atoms with Crippen molar-refractivity contribution in [3.05, 3.63) is 34.9 Å². The molecule has 0 unspecified atom stereocenters. The second-order valence-electron chi connectivity index (χ2n) is 5.22. The van der Waals surface area contributed by atoms with Crippen LogP contribution in [0.3, 0.4) is 0 Å². The van der Waals surface area contributed by atoms with Crippen LogP contribution in [0.5, 0.6) is 5.75 Å². The molecule has 2 rings (SSSR count). The second-order valence-corrected chi connectivity index (χ2v) is 5.22. The van der Waals surface area contributed by atoms with Gasteiger partial charge < -0.3 is 9.47 Å². The molecule has 0 amide bonds. The van der Waals surface area contributed by atoms with Gasteiger partial charge in [-0.05, 0) is 43.0 Å². The number of hydrogen-bond donors (Lipinski definition) is 0. The van der Waals surface area contributed by atoms with Gasteiger partial charge in [0.25, 0.3) is 0 Å². The van der Waals surface area contributed by atoms with E-state index >= 15 is 0 Å². The first-order valence-electron chi connectivity index (χ1n) is 7.84. The fourth-order valence-corrected chi connectivity index (χ4v) is 2.53. The van der Waals surface area contributed by atoms with Crippen molar-refractivity contribution in [2.45, 2.75) is 39.5 Å². The smallest absolute Gasteiger partial charge is 0.330 e. The van der Waals surface area contributed by atoms with Gasteiger partial charge in [-0.15, -0.1) is 0 Å². The van der Waals surface area contributed by atoms with Crippen LogP contribution in [0.2, 0.25) is 0 Å². The minimum absolute atomic E-state index is 0.118. The molecule has 4 heteroatoms. The zero-order valence-electron chi connectivity index (χ0n) is 13.2. The predicted molar refractivity (Wildman–Crippen MR) is 85.2 cm³/mol. The number of fused-ring (bicyclic) bond motifs is 1. The monoisotopic (exact) mass is 302 g/mol. The number of benzene rings is 1. The number of unbranched alkanes of at least 4 members (excludes halogenated alkanes) is 1. The lowest BCUT2D eigenvalue weighted by atomic mass is 10.0. The molecule has 0 spiro atoms. The molecule has 0 aliphatic heterocycles. The highest BCUT2D eigenvalue weighted by Gasteiger charge is 2.25. The normalized spacial score (nSPS) is 13.5. The first-order chi connectivity index (χ1) is 10.7. The first kappa shape index (κ1) is 16.3. The summed E-state index contributed by atoms with van der Waals surface area (Å²) in [6.45, 7) is 4.84. The number of esters is 1. The van der Waals surface area contributed by atoms with E-state index in [0.717, 1.165) is 24.0 Å². The van der Waals surface area contributed by atoms with E-state index in [0.29, 0.717) is 37.4 Å². The Labute approximate surface area is 131 Å². The third kappa shape index (κ3) is 3.75. The quantitative estimate of drug-likeness (QED) is 0.439. The van der Waals surface area contributed by atoms with Crippen LogP contribution >= 0.6 is 0 Å². The average molecular weight is 302 g/mol. The van der Waals surface area contributed by atoms with E-state index in [1.54, 1.807) is 13.0 Å². The molecule has 118 valence electrons. The van der Waals surface area contributed by atoms with Crippen LogP contribution in [-0.4, -0.2) is 25.0 Å². The van der Waals surface area contributed by atoms with Crippen LogP contribution in [0.25, 0.3) is 6.08 Å². The molecule has 0 saturated heterocycles. The van der Waals surface area contributed by atoms with E-state index in [1.165, 1.54) is 6.08 Å². The van der Waals surface area contributed by atoms with Gasteiger partial charge in [0, 0.05) is 12.5 Å². The van der Waals surface area contributed by atoms with Gasteiger partial charge in [-0.2, -0.15) is 0 Å². The minimum atomic E-state index is -0.371. The maximum Gasteiger partial charge on any atom is 0.330 e. The van der Waals surface area contributed by atoms with Crippen molar-refractivity contribution in [2.24, 2.45) is 0 Å². The van der Waals surface area contributed by atoms with Crippen LogP contribution in [0.15, 0.2) is 18.2 Å². The van der Waals surface area contributed by atoms with Gasteiger partial charge in [-0.3, -0.25) is 4.79 Å². The van der Waals surface area contributed by atoms with E-state index < -0.39 is 0 Å². The van der Waals surface area contributed by atoms with Crippen molar-refractivity contribution in [3.63, 3.8) is 0 Å². The Morgan fingerprint density at radius 1 is 1.27 bits per heavy atom. The molecule has 1 aromatic carbocycles. The molecule has 22 heavy (non-hydrogen) atoms. The molecule has 0 atom stereocenters. The average Bonchev–Trinajstić information content (AvgIpc) is 2.89. The van der Waals surface area contributed by atoms with Gasteiger partial charge in [0.05, 0.1) is 18.8 Å². The lowest BCUT2D eigenvalue weighted by Crippen LogP contribution is -2.03. The Bertz CT molecular complexity index is 587. The number of rotatable bonds is 7. The maximum atomic E-state index is 12.1. The first-order valence-corrected chi connectivity index (χ1v) is 7.84. The topological polar surface area (TPSA) is 52.6 Å². The van der Waals surface area contributed by atoms with E-state index in [4.69, 9.17) is 9.47 Å². The summed E-state index contributed by atoms with van der Waals surface area (Å²) in [5.41, 5.74) is 2.54. The molecule has 0 heterocycles. The summed E-state index contributed by atoms with van der Waals surface area (Å²) in [4.78, 5) is 23.5. The lowest BCUT2D eigenvalue weighted by Gasteiger charge is -2.11. The van der Waals surface area contributed by atoms with Crippen LogP contribution in [0, 0.1) is 0 Å². The Morgan fingerprint density at radius 3 is 2.82 bits per heavy atom. The zero-order valence-corrected chi connectivity index (χ0v) is 13.2. The summed E-state index contributed by atoms with van der Waals surface area (Å²) in [5, 5.41) is 0. The standard InChI is InChI=1S/C18H22O4/c1-3-5-12-22-16-10-6-13(7-11-17(20)21-4-2)14-8-9-15(19)18(14)16/h6-7,10-11H,3-5,8-9,12H2,1-2H3/b11-7+. The van der Waals surface area contributed by atoms with Gasteiger partial charge >= 0.3 is 5.97 Å². The molecule has 0 aromatic heterocycles. The fraction of sp³-hybridized carbons (Fsp3) is 0.444. The van der Waals surface area contributed by atoms with Gasteiger partial charge in [0.2, 0.25) is 0 Å². The Kier molecular flexibility index (Phi) is 5.75. The number of carbonyl (C=O) groups excluding carboxylic acids is 2. The van der Waals surface area contributed by atoms with Gasteiger partial charge in [-0.1, -0.05) is 19.4 Å². The van der Waals surface area contributed by atoms with Gasteiger partial charge in [-0.25, -0.2) is 4.79 Å². The predicted octanol–water partition coefficient (Wildman–Crippen LogP) is 3.57. The molecular formula is C18H22O4. The highest BCUT2D eigenvalue weighted by atomic mass is 16.5. The van der Waals surface area contributed by atoms with Crippen molar-refractivity contribution in [2.75, 3.05) is 13.2 Å². The van der Waals surface area contributed by atoms with E-state index in [9.17, 15) is 9.59 Å². The van der Waals surface area contributed by atoms with Crippen LogP contribution < -0.4 is 4.74 Å². The summed E-state index contributed by atoms with van der Waals surface area (Å²) < 4.78 is 10.6. The summed E-state index contributed by atoms with van der Waals surface area (Å²) >= 11 is 0. The van der Waals surface area contributed by atoms with Crippen molar-refractivity contribution >= 4 is 17.8 Å². The molecule has 1 aliphatic carbocycles. The van der Waals surface area contributed by atoms with Crippen LogP contribution in [0.4, 0.5) is 0 Å². The Balaban J connectivity index is 2.24. The fourth-order valence-electron chi connectivity index (χ4n) is 2.53. The van der Waals surface area contributed by atoms with Gasteiger partial charge in [0.15, 0.2) is 5.78 Å². The van der Waals surface area contributed by atoms with Crippen LogP contribution in [0.1, 0.15) is 54.6 Å². The molecule has 0 bridgehead atoms. The maximum absolute atomic E-state index is 12.1. The molecule has 0 radical (unpaired) electrons. The molecule has 1 aliphatic rings. The third-order valence-electron chi connectivity index (χ3n) is 3.63. The lowest BCUT2D eigenvalue weighted by molar-refractivity contribution is -0.137. The highest BCUT2D eigenvalue weighted by molar-refractivity contribution is 6.04. The number of ether oxygens (including phenoxy) is 2. The van der Waals surface area contributed by atoms with Crippen LogP contribution in [-0.2, 0) is 16.0 Å². The molecule has 1 aromatic rings. The Hall–Kier alpha value is -2.10. The molecule has 0 saturated carbocycles. The third-order valence-corrected chi connectivity index (χ3v) is 3.63. The number of Topliss-reactive ketones (excluding diaryl/α,β-unsaturated/α-hetero) is 1. The van der Waals surface area contributed by atoms with Gasteiger partial charge in [0.1, 0.15) is 5.75 Å². The van der Waals surface area contributed by atoms with Crippen molar-refractivity contribution < 1.29 is 19.1 Å². The Morgan fingerprint density at radius 2 is 2.09 bits per heavy atom. The molecule has 0 N–H and O–H groups in total. The summed E-state index contributed by atoms with van der Waals surface area (Å²) in [6.07, 6.45) is 6.33. The SMILES string of the molecule is CCCCOc1ccc(/C=C/C(=O)OCC)c2c1C(=O)CC2. The summed E-state index contributed by atoms with van der Waals surface area (Å²) in [6, 6.07) is 3.72. The summed E-state index contributed by atoms with van der Waals surface area (Å²) in [7, 11) is 0. The zero-order chi connectivity index (χ0) is 15.9. The minimum Gasteiger partial charge on any atom is -0.493 e. The molecular weight excluding hydrogens is 280 g/mol. The molecule has 4 nitrogen and oxygen atoms in total. The van der Waals surface area contributed by atoms with Crippen molar-refractivity contribution in [3.8, 4) is 5.75 Å². The number of hydrogen-bond acceptors (Lipinski definition) is 4. The van der Waals surface area contributed by atoms with Crippen molar-refractivity contribution in [1.29, 1.82) is 0 Å². The summed E-state index contributed by atoms with van der Waals surface area (Å²) in [5.74, 6) is 0.413. The number of carbonyl (C=O) groups is 2. The van der Waals surface area contributed by atoms with E-state index in [2.05, 4.69) is 6.92 Å². The number of ketones is 1. The molecule has 0 fully saturated rings. The van der Waals surface area contributed by atoms with Crippen molar-refractivity contribution in [1.82, 2.24) is 0 Å². The highest BCUT2D eigenvalue weighted by Crippen LogP contribution is 2.34.